The van der Waals surface area contributed by atoms with Crippen LogP contribution in [-0.4, -0.2) is 47.1 Å². The molecule has 0 bridgehead atoms. The second-order valence-electron chi connectivity index (χ2n) is 3.89. The summed E-state index contributed by atoms with van der Waals surface area (Å²) in [5.74, 6) is -0.846. The molecule has 0 saturated carbocycles. The normalized spacial score (nSPS) is 19.1. The van der Waals surface area contributed by atoms with E-state index in [2.05, 4.69) is 10.6 Å². The van der Waals surface area contributed by atoms with E-state index in [1.165, 1.54) is 6.92 Å². The van der Waals surface area contributed by atoms with Gasteiger partial charge in [-0.25, -0.2) is 0 Å². The van der Waals surface area contributed by atoms with E-state index in [0.29, 0.717) is 11.0 Å². The molecule has 1 amide bonds. The van der Waals surface area contributed by atoms with E-state index in [1.54, 1.807) is 11.8 Å². The third-order valence-corrected chi connectivity index (χ3v) is 3.86. The number of rotatable bonds is 5. The first kappa shape index (κ1) is 13.3. The van der Waals surface area contributed by atoms with Crippen LogP contribution in [-0.2, 0) is 9.59 Å². The molecule has 0 aliphatic carbocycles. The Hall–Kier alpha value is -0.750. The summed E-state index contributed by atoms with van der Waals surface area (Å²) in [5.41, 5.74) is 0. The van der Waals surface area contributed by atoms with Crippen molar-refractivity contribution in [3.63, 3.8) is 0 Å². The van der Waals surface area contributed by atoms with Crippen LogP contribution in [0.15, 0.2) is 0 Å². The van der Waals surface area contributed by atoms with Crippen molar-refractivity contribution in [1.29, 1.82) is 0 Å². The van der Waals surface area contributed by atoms with Crippen LogP contribution in [0.2, 0.25) is 0 Å². The maximum atomic E-state index is 11.4. The fraction of sp³-hybridized carbons (Fsp3) is 0.800. The van der Waals surface area contributed by atoms with Crippen molar-refractivity contribution in [3.05, 3.63) is 0 Å². The van der Waals surface area contributed by atoms with Gasteiger partial charge in [-0.1, -0.05) is 0 Å². The van der Waals surface area contributed by atoms with E-state index >= 15 is 0 Å². The van der Waals surface area contributed by atoms with Crippen LogP contribution < -0.4 is 10.6 Å². The molecule has 16 heavy (non-hydrogen) atoms. The van der Waals surface area contributed by atoms with Gasteiger partial charge in [-0.2, -0.15) is 0 Å². The largest absolute Gasteiger partial charge is 0.480 e. The predicted molar refractivity (Wildman–Crippen MR) is 63.6 cm³/mol. The van der Waals surface area contributed by atoms with E-state index in [4.69, 9.17) is 5.11 Å². The van der Waals surface area contributed by atoms with Crippen molar-refractivity contribution in [2.75, 3.05) is 18.8 Å². The second kappa shape index (κ2) is 6.75. The van der Waals surface area contributed by atoms with Crippen LogP contribution in [0.4, 0.5) is 0 Å². The van der Waals surface area contributed by atoms with Crippen molar-refractivity contribution >= 4 is 23.6 Å². The number of nitrogens with one attached hydrogen (secondary N) is 2. The Morgan fingerprint density at radius 2 is 2.12 bits per heavy atom. The number of carbonyl (C=O) groups excluding carboxylic acids is 1. The van der Waals surface area contributed by atoms with Gasteiger partial charge in [0.15, 0.2) is 0 Å². The molecular weight excluding hydrogens is 228 g/mol. The molecule has 0 spiro atoms. The van der Waals surface area contributed by atoms with Gasteiger partial charge >= 0.3 is 5.97 Å². The fourth-order valence-electron chi connectivity index (χ4n) is 1.50. The third kappa shape index (κ3) is 4.85. The van der Waals surface area contributed by atoms with Gasteiger partial charge in [0.05, 0.1) is 5.75 Å². The highest BCUT2D eigenvalue weighted by Gasteiger charge is 2.17. The molecule has 1 aliphatic rings. The average molecular weight is 246 g/mol. The Morgan fingerprint density at radius 1 is 1.50 bits per heavy atom. The van der Waals surface area contributed by atoms with Crippen molar-refractivity contribution in [2.45, 2.75) is 31.1 Å². The lowest BCUT2D eigenvalue weighted by Crippen LogP contribution is -2.39. The Bertz CT molecular complexity index is 254. The average Bonchev–Trinajstić information content (AvgIpc) is 2.27. The summed E-state index contributed by atoms with van der Waals surface area (Å²) in [5, 5.41) is 14.8. The topological polar surface area (TPSA) is 78.4 Å². The summed E-state index contributed by atoms with van der Waals surface area (Å²) in [6.07, 6.45) is 2.15. The van der Waals surface area contributed by atoms with Gasteiger partial charge in [0.25, 0.3) is 0 Å². The van der Waals surface area contributed by atoms with E-state index in [0.717, 1.165) is 25.9 Å². The Balaban J connectivity index is 2.16. The SMILES string of the molecule is C[C@H](NC(=O)CSC1CCNCC1)C(=O)O. The second-order valence-corrected chi connectivity index (χ2v) is 5.18. The standard InChI is InChI=1S/C10H18N2O3S/c1-7(10(14)15)12-9(13)6-16-8-2-4-11-5-3-8/h7-8,11H,2-6H2,1H3,(H,12,13)(H,14,15)/t7-/m0/s1. The van der Waals surface area contributed by atoms with Crippen LogP contribution in [0.1, 0.15) is 19.8 Å². The number of thioether (sulfide) groups is 1. The minimum atomic E-state index is -1.000. The highest BCUT2D eigenvalue weighted by molar-refractivity contribution is 8.00. The quantitative estimate of drug-likeness (QED) is 0.639. The van der Waals surface area contributed by atoms with Crippen LogP contribution in [0.25, 0.3) is 0 Å². The summed E-state index contributed by atoms with van der Waals surface area (Å²) in [7, 11) is 0. The van der Waals surface area contributed by atoms with Crippen LogP contribution >= 0.6 is 11.8 Å². The summed E-state index contributed by atoms with van der Waals surface area (Å²) in [4.78, 5) is 21.9. The van der Waals surface area contributed by atoms with E-state index in [-0.39, 0.29) is 5.91 Å². The lowest BCUT2D eigenvalue weighted by molar-refractivity contribution is -0.140. The molecule has 1 heterocycles. The molecule has 1 fully saturated rings. The molecule has 0 aromatic heterocycles. The summed E-state index contributed by atoms with van der Waals surface area (Å²) in [6, 6.07) is -0.805. The molecule has 5 nitrogen and oxygen atoms in total. The number of hydrogen-bond acceptors (Lipinski definition) is 4. The van der Waals surface area contributed by atoms with Crippen LogP contribution in [0, 0.1) is 0 Å². The maximum Gasteiger partial charge on any atom is 0.325 e. The number of piperidine rings is 1. The molecule has 0 unspecified atom stereocenters. The molecule has 1 rings (SSSR count). The first-order valence-electron chi connectivity index (χ1n) is 5.44. The number of hydrogen-bond donors (Lipinski definition) is 3. The van der Waals surface area contributed by atoms with Crippen LogP contribution in [0.5, 0.6) is 0 Å². The van der Waals surface area contributed by atoms with Gasteiger partial charge in [0.1, 0.15) is 6.04 Å². The van der Waals surface area contributed by atoms with Crippen molar-refractivity contribution in [2.24, 2.45) is 0 Å². The zero-order valence-corrected chi connectivity index (χ0v) is 10.2. The van der Waals surface area contributed by atoms with Gasteiger partial charge in [-0.3, -0.25) is 9.59 Å². The third-order valence-electron chi connectivity index (χ3n) is 2.48. The molecule has 0 aromatic carbocycles. The summed E-state index contributed by atoms with van der Waals surface area (Å²) in [6.45, 7) is 3.48. The van der Waals surface area contributed by atoms with Crippen molar-refractivity contribution in [1.82, 2.24) is 10.6 Å². The first-order chi connectivity index (χ1) is 7.59. The minimum Gasteiger partial charge on any atom is -0.480 e. The van der Waals surface area contributed by atoms with E-state index in [1.807, 2.05) is 0 Å². The lowest BCUT2D eigenvalue weighted by atomic mass is 10.2. The Labute approximate surface area is 99.4 Å². The molecule has 0 aromatic rings. The molecule has 1 aliphatic heterocycles. The summed E-state index contributed by atoms with van der Waals surface area (Å²) >= 11 is 1.61. The maximum absolute atomic E-state index is 11.4. The van der Waals surface area contributed by atoms with Gasteiger partial charge in [0, 0.05) is 5.25 Å². The molecule has 1 atom stereocenters. The summed E-state index contributed by atoms with van der Waals surface area (Å²) < 4.78 is 0. The lowest BCUT2D eigenvalue weighted by Gasteiger charge is -2.21. The van der Waals surface area contributed by atoms with Gasteiger partial charge < -0.3 is 15.7 Å². The molecule has 6 heteroatoms. The molecule has 3 N–H and O–H groups in total. The Morgan fingerprint density at radius 3 is 2.69 bits per heavy atom. The molecule has 0 radical (unpaired) electrons. The number of carboxylic acid groups (broad SMARTS) is 1. The van der Waals surface area contributed by atoms with Crippen LogP contribution in [0.3, 0.4) is 0 Å². The highest BCUT2D eigenvalue weighted by Crippen LogP contribution is 2.19. The van der Waals surface area contributed by atoms with E-state index < -0.39 is 12.0 Å². The fourth-order valence-corrected chi connectivity index (χ4v) is 2.54. The van der Waals surface area contributed by atoms with Crippen molar-refractivity contribution in [3.8, 4) is 0 Å². The smallest absolute Gasteiger partial charge is 0.325 e. The molecule has 92 valence electrons. The molecular formula is C10H18N2O3S. The van der Waals surface area contributed by atoms with E-state index in [9.17, 15) is 9.59 Å². The number of carboxylic acids is 1. The Kier molecular flexibility index (Phi) is 5.62. The highest BCUT2D eigenvalue weighted by atomic mass is 32.2. The van der Waals surface area contributed by atoms with Gasteiger partial charge in [-0.05, 0) is 32.9 Å². The molecule has 1 saturated heterocycles. The first-order valence-corrected chi connectivity index (χ1v) is 6.49. The number of aliphatic carboxylic acids is 1. The minimum absolute atomic E-state index is 0.196. The predicted octanol–water partition coefficient (Wildman–Crippen LogP) is 0.0609. The monoisotopic (exact) mass is 246 g/mol. The van der Waals surface area contributed by atoms with Gasteiger partial charge in [-0.15, -0.1) is 11.8 Å². The number of carbonyl (C=O) groups is 2. The number of amides is 1. The zero-order valence-electron chi connectivity index (χ0n) is 9.36. The van der Waals surface area contributed by atoms with Gasteiger partial charge in [0.2, 0.25) is 5.91 Å². The van der Waals surface area contributed by atoms with Crippen molar-refractivity contribution < 1.29 is 14.7 Å². The zero-order chi connectivity index (χ0) is 12.0.